The molecule has 0 saturated carbocycles. The third-order valence-corrected chi connectivity index (χ3v) is 6.08. The summed E-state index contributed by atoms with van der Waals surface area (Å²) in [5.41, 5.74) is 1.45. The summed E-state index contributed by atoms with van der Waals surface area (Å²) in [5, 5.41) is 3.15. The molecule has 1 aliphatic rings. The van der Waals surface area contributed by atoms with Gasteiger partial charge >= 0.3 is 18.4 Å². The fourth-order valence-electron chi connectivity index (χ4n) is 4.17. The number of esters is 1. The Bertz CT molecular complexity index is 1250. The first kappa shape index (κ1) is 29.8. The molecule has 12 heteroatoms. The van der Waals surface area contributed by atoms with Gasteiger partial charge in [0, 0.05) is 36.4 Å². The maximum atomic E-state index is 13.1. The van der Waals surface area contributed by atoms with Crippen molar-refractivity contribution < 1.29 is 37.0 Å². The van der Waals surface area contributed by atoms with Crippen molar-refractivity contribution in [1.29, 1.82) is 0 Å². The van der Waals surface area contributed by atoms with Crippen molar-refractivity contribution in [2.75, 3.05) is 20.1 Å². The zero-order valence-corrected chi connectivity index (χ0v) is 22.6. The second-order valence-electron chi connectivity index (χ2n) is 9.23. The molecule has 39 heavy (non-hydrogen) atoms. The highest BCUT2D eigenvalue weighted by Crippen LogP contribution is 2.35. The molecule has 1 atom stereocenters. The molecule has 0 spiro atoms. The molecule has 0 bridgehead atoms. The van der Waals surface area contributed by atoms with Crippen molar-refractivity contribution in [2.24, 2.45) is 0 Å². The van der Waals surface area contributed by atoms with Crippen LogP contribution in [0.25, 0.3) is 0 Å². The van der Waals surface area contributed by atoms with E-state index in [0.717, 1.165) is 12.1 Å². The molecule has 3 rings (SSSR count). The summed E-state index contributed by atoms with van der Waals surface area (Å²) in [6.45, 7) is 5.47. The van der Waals surface area contributed by atoms with Gasteiger partial charge in [0.05, 0.1) is 17.7 Å². The van der Waals surface area contributed by atoms with Crippen molar-refractivity contribution in [2.45, 2.75) is 45.7 Å². The van der Waals surface area contributed by atoms with Gasteiger partial charge in [-0.1, -0.05) is 23.7 Å². The van der Waals surface area contributed by atoms with Gasteiger partial charge in [0.2, 0.25) is 0 Å². The lowest BCUT2D eigenvalue weighted by Gasteiger charge is -2.38. The van der Waals surface area contributed by atoms with E-state index in [1.807, 2.05) is 0 Å². The number of halogens is 4. The first-order valence-corrected chi connectivity index (χ1v) is 12.5. The van der Waals surface area contributed by atoms with E-state index in [1.165, 1.54) is 21.9 Å². The molecule has 1 unspecified atom stereocenters. The summed E-state index contributed by atoms with van der Waals surface area (Å²) in [6.07, 6.45) is -4.86. The molecule has 1 heterocycles. The van der Waals surface area contributed by atoms with Crippen LogP contribution in [-0.2, 0) is 9.53 Å². The number of carbonyl (C=O) groups excluding carboxylic acids is 3. The minimum absolute atomic E-state index is 0.171. The van der Waals surface area contributed by atoms with E-state index in [2.05, 4.69) is 10.1 Å². The van der Waals surface area contributed by atoms with Gasteiger partial charge in [-0.15, -0.1) is 13.2 Å². The molecule has 0 radical (unpaired) electrons. The van der Waals surface area contributed by atoms with Crippen LogP contribution in [0.3, 0.4) is 0 Å². The lowest BCUT2D eigenvalue weighted by Crippen LogP contribution is -2.49. The summed E-state index contributed by atoms with van der Waals surface area (Å²) in [7, 11) is 1.54. The van der Waals surface area contributed by atoms with Gasteiger partial charge in [0.25, 0.3) is 5.91 Å². The van der Waals surface area contributed by atoms with E-state index in [9.17, 15) is 27.6 Å². The standard InChI is InChI=1S/C27H29ClF3N3O5/c1-16(2)38-25(36)22-17(3)32-26(37)34(23(22)19-7-5-8-20(28)15-19)14-6-13-33(4)24(35)18-9-11-21(12-10-18)39-27(29,30)31/h5,7-12,15-16,23H,6,13-14H2,1-4H3,(H,32,37). The number of alkyl halides is 3. The summed E-state index contributed by atoms with van der Waals surface area (Å²) in [6, 6.07) is 10.3. The molecule has 1 aliphatic heterocycles. The summed E-state index contributed by atoms with van der Waals surface area (Å²) in [4.78, 5) is 41.8. The smallest absolute Gasteiger partial charge is 0.459 e. The van der Waals surface area contributed by atoms with E-state index in [0.29, 0.717) is 22.7 Å². The van der Waals surface area contributed by atoms with Crippen molar-refractivity contribution >= 4 is 29.5 Å². The highest BCUT2D eigenvalue weighted by molar-refractivity contribution is 6.30. The molecule has 0 fully saturated rings. The molecule has 2 aromatic carbocycles. The number of benzene rings is 2. The van der Waals surface area contributed by atoms with Gasteiger partial charge in [-0.2, -0.15) is 0 Å². The Morgan fingerprint density at radius 3 is 2.41 bits per heavy atom. The Labute approximate surface area is 229 Å². The highest BCUT2D eigenvalue weighted by atomic mass is 35.5. The SMILES string of the molecule is CC1=C(C(=O)OC(C)C)C(c2cccc(Cl)c2)N(CCCN(C)C(=O)c2ccc(OC(F)(F)F)cc2)C(=O)N1. The molecule has 210 valence electrons. The monoisotopic (exact) mass is 567 g/mol. The van der Waals surface area contributed by atoms with Crippen molar-refractivity contribution in [3.8, 4) is 5.75 Å². The lowest BCUT2D eigenvalue weighted by atomic mass is 9.93. The van der Waals surface area contributed by atoms with Crippen molar-refractivity contribution in [1.82, 2.24) is 15.1 Å². The highest BCUT2D eigenvalue weighted by Gasteiger charge is 2.38. The van der Waals surface area contributed by atoms with Crippen LogP contribution in [0.4, 0.5) is 18.0 Å². The summed E-state index contributed by atoms with van der Waals surface area (Å²) in [5.74, 6) is -1.41. The van der Waals surface area contributed by atoms with E-state index in [1.54, 1.807) is 52.1 Å². The van der Waals surface area contributed by atoms with Gasteiger partial charge in [0.15, 0.2) is 0 Å². The second kappa shape index (κ2) is 12.4. The maximum Gasteiger partial charge on any atom is 0.573 e. The fourth-order valence-corrected chi connectivity index (χ4v) is 4.37. The maximum absolute atomic E-state index is 13.1. The van der Waals surface area contributed by atoms with Crippen LogP contribution in [0.5, 0.6) is 5.75 Å². The van der Waals surface area contributed by atoms with E-state index >= 15 is 0 Å². The van der Waals surface area contributed by atoms with Crippen LogP contribution < -0.4 is 10.1 Å². The number of allylic oxidation sites excluding steroid dienone is 1. The lowest BCUT2D eigenvalue weighted by molar-refractivity contribution is -0.274. The topological polar surface area (TPSA) is 88.2 Å². The van der Waals surface area contributed by atoms with Crippen LogP contribution in [0.2, 0.25) is 5.02 Å². The molecule has 0 aromatic heterocycles. The minimum atomic E-state index is -4.83. The average molecular weight is 568 g/mol. The first-order valence-electron chi connectivity index (χ1n) is 12.1. The van der Waals surface area contributed by atoms with Crippen LogP contribution in [0, 0.1) is 0 Å². The molecule has 1 N–H and O–H groups in total. The van der Waals surface area contributed by atoms with E-state index in [4.69, 9.17) is 16.3 Å². The fraction of sp³-hybridized carbons (Fsp3) is 0.370. The molecule has 3 amide bonds. The number of urea groups is 1. The quantitative estimate of drug-likeness (QED) is 0.393. The molecular weight excluding hydrogens is 539 g/mol. The average Bonchev–Trinajstić information content (AvgIpc) is 2.83. The number of ether oxygens (including phenoxy) is 2. The Morgan fingerprint density at radius 2 is 1.82 bits per heavy atom. The predicted molar refractivity (Wildman–Crippen MR) is 138 cm³/mol. The summed E-state index contributed by atoms with van der Waals surface area (Å²) < 4.78 is 46.4. The normalized spacial score (nSPS) is 15.8. The Balaban J connectivity index is 1.75. The molecule has 2 aromatic rings. The molecule has 0 saturated heterocycles. The van der Waals surface area contributed by atoms with E-state index < -0.39 is 36.1 Å². The number of rotatable bonds is 9. The predicted octanol–water partition coefficient (Wildman–Crippen LogP) is 5.69. The molecule has 0 aliphatic carbocycles. The minimum Gasteiger partial charge on any atom is -0.459 e. The van der Waals surface area contributed by atoms with Crippen molar-refractivity contribution in [3.05, 3.63) is 76.0 Å². The number of hydrogen-bond acceptors (Lipinski definition) is 5. The van der Waals surface area contributed by atoms with Gasteiger partial charge in [-0.05, 0) is 69.2 Å². The van der Waals surface area contributed by atoms with Crippen LogP contribution in [-0.4, -0.2) is 60.3 Å². The number of nitrogens with one attached hydrogen (secondary N) is 1. The molecule has 8 nitrogen and oxygen atoms in total. The largest absolute Gasteiger partial charge is 0.573 e. The van der Waals surface area contributed by atoms with Gasteiger partial charge < -0.3 is 24.6 Å². The zero-order valence-electron chi connectivity index (χ0n) is 21.8. The van der Waals surface area contributed by atoms with Crippen molar-refractivity contribution in [3.63, 3.8) is 0 Å². The van der Waals surface area contributed by atoms with Crippen LogP contribution >= 0.6 is 11.6 Å². The number of hydrogen-bond donors (Lipinski definition) is 1. The van der Waals surface area contributed by atoms with Gasteiger partial charge in [0.1, 0.15) is 5.75 Å². The first-order chi connectivity index (χ1) is 18.3. The Hall–Kier alpha value is -3.73. The van der Waals surface area contributed by atoms with Crippen LogP contribution in [0.15, 0.2) is 59.8 Å². The number of amides is 3. The Morgan fingerprint density at radius 1 is 1.15 bits per heavy atom. The van der Waals surface area contributed by atoms with E-state index in [-0.39, 0.29) is 30.3 Å². The third kappa shape index (κ3) is 7.89. The Kier molecular flexibility index (Phi) is 9.49. The number of nitrogens with zero attached hydrogens (tertiary/aromatic N) is 2. The third-order valence-electron chi connectivity index (χ3n) is 5.85. The second-order valence-corrected chi connectivity index (χ2v) is 9.66. The van der Waals surface area contributed by atoms with Gasteiger partial charge in [-0.25, -0.2) is 9.59 Å². The van der Waals surface area contributed by atoms with Gasteiger partial charge in [-0.3, -0.25) is 4.79 Å². The molecular formula is C27H29ClF3N3O5. The summed E-state index contributed by atoms with van der Waals surface area (Å²) >= 11 is 6.22. The zero-order chi connectivity index (χ0) is 28.9. The van der Waals surface area contributed by atoms with Crippen LogP contribution in [0.1, 0.15) is 49.2 Å². The number of carbonyl (C=O) groups is 3.